The molecule has 0 radical (unpaired) electrons. The lowest BCUT2D eigenvalue weighted by Crippen LogP contribution is -2.42. The molecule has 4 heterocycles. The van der Waals surface area contributed by atoms with Gasteiger partial charge < -0.3 is 4.90 Å². The maximum atomic E-state index is 5.22. The first kappa shape index (κ1) is 20.0. The molecule has 1 saturated carbocycles. The summed E-state index contributed by atoms with van der Waals surface area (Å²) in [6.45, 7) is 4.23. The fourth-order valence-corrected chi connectivity index (χ4v) is 5.43. The van der Waals surface area contributed by atoms with Gasteiger partial charge in [-0.25, -0.2) is 9.97 Å². The standard InChI is InChI=1S/C26H27N7/c1-3-22-26-31-30-17(2)32(26)23-16-28-24(29-25(23)33(22)19-11-7-8-12-19)20-13-14-27-15-21(20)18-9-5-4-6-10-18/h4-6,9-10,13-16,19,22H,3,7-8,11-12H2,1-2H3. The van der Waals surface area contributed by atoms with Gasteiger partial charge in [-0.1, -0.05) is 50.1 Å². The molecule has 1 fully saturated rings. The highest BCUT2D eigenvalue weighted by molar-refractivity contribution is 5.80. The van der Waals surface area contributed by atoms with Crippen molar-refractivity contribution in [3.63, 3.8) is 0 Å². The molecule has 0 amide bonds. The van der Waals surface area contributed by atoms with Crippen molar-refractivity contribution in [3.05, 3.63) is 66.6 Å². The van der Waals surface area contributed by atoms with Crippen molar-refractivity contribution in [1.29, 1.82) is 0 Å². The minimum atomic E-state index is 0.163. The molecule has 7 heteroatoms. The van der Waals surface area contributed by atoms with E-state index >= 15 is 0 Å². The maximum Gasteiger partial charge on any atom is 0.162 e. The molecule has 0 saturated heterocycles. The molecule has 7 nitrogen and oxygen atoms in total. The van der Waals surface area contributed by atoms with Gasteiger partial charge in [0.25, 0.3) is 0 Å². The molecule has 0 spiro atoms. The van der Waals surface area contributed by atoms with Crippen LogP contribution in [0.15, 0.2) is 55.0 Å². The van der Waals surface area contributed by atoms with E-state index in [1.807, 2.05) is 49.8 Å². The number of aromatic nitrogens is 6. The average Bonchev–Trinajstić information content (AvgIpc) is 3.54. The quantitative estimate of drug-likeness (QED) is 0.431. The monoisotopic (exact) mass is 437 g/mol. The number of rotatable bonds is 4. The van der Waals surface area contributed by atoms with E-state index in [4.69, 9.17) is 9.97 Å². The Morgan fingerprint density at radius 1 is 0.970 bits per heavy atom. The number of aryl methyl sites for hydroxylation is 1. The molecule has 6 rings (SSSR count). The van der Waals surface area contributed by atoms with Crippen molar-refractivity contribution in [2.75, 3.05) is 4.90 Å². The Morgan fingerprint density at radius 3 is 2.58 bits per heavy atom. The summed E-state index contributed by atoms with van der Waals surface area (Å²) in [6, 6.07) is 13.0. The predicted octanol–water partition coefficient (Wildman–Crippen LogP) is 5.31. The molecule has 166 valence electrons. The highest BCUT2D eigenvalue weighted by Crippen LogP contribution is 2.44. The van der Waals surface area contributed by atoms with E-state index < -0.39 is 0 Å². The van der Waals surface area contributed by atoms with Gasteiger partial charge in [-0.05, 0) is 37.8 Å². The van der Waals surface area contributed by atoms with E-state index in [1.54, 1.807) is 0 Å². The molecule has 1 aliphatic carbocycles. The molecule has 33 heavy (non-hydrogen) atoms. The topological polar surface area (TPSA) is 72.6 Å². The molecule has 0 bridgehead atoms. The first-order valence-corrected chi connectivity index (χ1v) is 11.8. The highest BCUT2D eigenvalue weighted by Gasteiger charge is 2.39. The van der Waals surface area contributed by atoms with Gasteiger partial charge in [-0.3, -0.25) is 9.55 Å². The zero-order valence-electron chi connectivity index (χ0n) is 19.0. The SMILES string of the molecule is CCC1c2nnc(C)n2-c2cnc(-c3ccncc3-c3ccccc3)nc2N1C1CCCC1. The van der Waals surface area contributed by atoms with Crippen LogP contribution in [0.3, 0.4) is 0 Å². The van der Waals surface area contributed by atoms with Crippen LogP contribution < -0.4 is 4.90 Å². The molecule has 1 aromatic carbocycles. The lowest BCUT2D eigenvalue weighted by molar-refractivity contribution is 0.468. The van der Waals surface area contributed by atoms with Crippen molar-refractivity contribution in [2.24, 2.45) is 0 Å². The fourth-order valence-electron chi connectivity index (χ4n) is 5.43. The van der Waals surface area contributed by atoms with Gasteiger partial charge in [0.1, 0.15) is 11.5 Å². The average molecular weight is 438 g/mol. The number of pyridine rings is 1. The maximum absolute atomic E-state index is 5.22. The van der Waals surface area contributed by atoms with Crippen LogP contribution >= 0.6 is 0 Å². The van der Waals surface area contributed by atoms with Crippen molar-refractivity contribution in [1.82, 2.24) is 29.7 Å². The van der Waals surface area contributed by atoms with Crippen LogP contribution in [0, 0.1) is 6.92 Å². The second-order valence-electron chi connectivity index (χ2n) is 8.90. The van der Waals surface area contributed by atoms with E-state index in [9.17, 15) is 0 Å². The number of hydrogen-bond acceptors (Lipinski definition) is 6. The second-order valence-corrected chi connectivity index (χ2v) is 8.90. The van der Waals surface area contributed by atoms with Crippen molar-refractivity contribution < 1.29 is 0 Å². The van der Waals surface area contributed by atoms with Gasteiger partial charge in [0.15, 0.2) is 17.5 Å². The molecule has 1 unspecified atom stereocenters. The zero-order chi connectivity index (χ0) is 22.4. The normalized spacial score (nSPS) is 17.8. The Balaban J connectivity index is 1.55. The van der Waals surface area contributed by atoms with Crippen molar-refractivity contribution >= 4 is 5.82 Å². The smallest absolute Gasteiger partial charge is 0.162 e. The molecule has 0 N–H and O–H groups in total. The van der Waals surface area contributed by atoms with E-state index in [0.717, 1.165) is 52.1 Å². The van der Waals surface area contributed by atoms with Crippen LogP contribution in [-0.4, -0.2) is 35.8 Å². The lowest BCUT2D eigenvalue weighted by atomic mass is 10.0. The molecule has 1 atom stereocenters. The molecular weight excluding hydrogens is 410 g/mol. The van der Waals surface area contributed by atoms with Crippen LogP contribution in [0.4, 0.5) is 5.82 Å². The minimum absolute atomic E-state index is 0.163. The zero-order valence-corrected chi connectivity index (χ0v) is 19.0. The van der Waals surface area contributed by atoms with Gasteiger partial charge in [-0.2, -0.15) is 0 Å². The summed E-state index contributed by atoms with van der Waals surface area (Å²) in [5, 5.41) is 8.98. The minimum Gasteiger partial charge on any atom is -0.342 e. The fraction of sp³-hybridized carbons (Fsp3) is 0.346. The first-order valence-electron chi connectivity index (χ1n) is 11.8. The van der Waals surface area contributed by atoms with Crippen molar-refractivity contribution in [3.8, 4) is 28.2 Å². The molecular formula is C26H27N7. The lowest BCUT2D eigenvalue weighted by Gasteiger charge is -2.41. The van der Waals surface area contributed by atoms with E-state index in [1.165, 1.54) is 25.7 Å². The second kappa shape index (κ2) is 8.06. The Hall–Kier alpha value is -3.61. The van der Waals surface area contributed by atoms with Crippen LogP contribution in [0.2, 0.25) is 0 Å². The van der Waals surface area contributed by atoms with E-state index in [-0.39, 0.29) is 6.04 Å². The van der Waals surface area contributed by atoms with Gasteiger partial charge in [0.05, 0.1) is 12.2 Å². The van der Waals surface area contributed by atoms with E-state index in [2.05, 4.69) is 43.7 Å². The summed E-state index contributed by atoms with van der Waals surface area (Å²) < 4.78 is 2.14. The first-order chi connectivity index (χ1) is 16.3. The van der Waals surface area contributed by atoms with Crippen LogP contribution in [-0.2, 0) is 0 Å². The van der Waals surface area contributed by atoms with Gasteiger partial charge in [0, 0.05) is 29.6 Å². The number of hydrogen-bond donors (Lipinski definition) is 0. The van der Waals surface area contributed by atoms with Gasteiger partial charge >= 0.3 is 0 Å². The van der Waals surface area contributed by atoms with Crippen LogP contribution in [0.25, 0.3) is 28.2 Å². The summed E-state index contributed by atoms with van der Waals surface area (Å²) in [5.41, 5.74) is 4.11. The van der Waals surface area contributed by atoms with Crippen LogP contribution in [0.5, 0.6) is 0 Å². The predicted molar refractivity (Wildman–Crippen MR) is 128 cm³/mol. The Labute approximate surface area is 193 Å². The summed E-state index contributed by atoms with van der Waals surface area (Å²) in [6.07, 6.45) is 11.5. The molecule has 1 aliphatic heterocycles. The summed E-state index contributed by atoms with van der Waals surface area (Å²) in [5.74, 6) is 3.59. The highest BCUT2D eigenvalue weighted by atomic mass is 15.4. The Bertz CT molecular complexity index is 1290. The Morgan fingerprint density at radius 2 is 1.79 bits per heavy atom. The number of fused-ring (bicyclic) bond motifs is 3. The van der Waals surface area contributed by atoms with Gasteiger partial charge in [0.2, 0.25) is 0 Å². The summed E-state index contributed by atoms with van der Waals surface area (Å²) in [4.78, 5) is 17.0. The van der Waals surface area contributed by atoms with E-state index in [0.29, 0.717) is 6.04 Å². The number of nitrogens with zero attached hydrogens (tertiary/aromatic N) is 7. The number of benzene rings is 1. The summed E-state index contributed by atoms with van der Waals surface area (Å²) >= 11 is 0. The molecule has 4 aromatic rings. The largest absolute Gasteiger partial charge is 0.342 e. The van der Waals surface area contributed by atoms with Gasteiger partial charge in [-0.15, -0.1) is 10.2 Å². The third-order valence-corrected chi connectivity index (χ3v) is 6.97. The van der Waals surface area contributed by atoms with Crippen LogP contribution in [0.1, 0.15) is 56.7 Å². The Kier molecular flexibility index (Phi) is 4.89. The third kappa shape index (κ3) is 3.22. The van der Waals surface area contributed by atoms with Crippen molar-refractivity contribution in [2.45, 2.75) is 58.0 Å². The molecule has 3 aromatic heterocycles. The third-order valence-electron chi connectivity index (χ3n) is 6.97. The molecule has 2 aliphatic rings. The summed E-state index contributed by atoms with van der Waals surface area (Å²) in [7, 11) is 0. The number of anilines is 1.